The molecule has 1 aromatic heterocycles. The van der Waals surface area contributed by atoms with Crippen molar-refractivity contribution in [3.05, 3.63) is 69.7 Å². The van der Waals surface area contributed by atoms with Crippen LogP contribution in [0.4, 0.5) is 5.69 Å². The van der Waals surface area contributed by atoms with Gasteiger partial charge in [0.15, 0.2) is 5.11 Å². The van der Waals surface area contributed by atoms with E-state index >= 15 is 0 Å². The molecule has 34 heavy (non-hydrogen) atoms. The summed E-state index contributed by atoms with van der Waals surface area (Å²) < 4.78 is 10.3. The SMILES string of the molecule is COc1ccc(C(=O)NC(=S)Nc2cc3nn(-c4ccc(OC)c(Cl)c4)nc3cc2C)cc1Cl. The molecule has 4 rings (SSSR count). The molecule has 0 spiro atoms. The zero-order valence-corrected chi connectivity index (χ0v) is 20.7. The van der Waals surface area contributed by atoms with Crippen molar-refractivity contribution in [3.63, 3.8) is 0 Å². The van der Waals surface area contributed by atoms with Gasteiger partial charge in [-0.05, 0) is 73.2 Å². The van der Waals surface area contributed by atoms with Gasteiger partial charge in [-0.15, -0.1) is 10.2 Å². The van der Waals surface area contributed by atoms with Gasteiger partial charge in [0.2, 0.25) is 0 Å². The third-order valence-corrected chi connectivity index (χ3v) is 5.78. The molecular weight excluding hydrogens is 497 g/mol. The Labute approximate surface area is 210 Å². The van der Waals surface area contributed by atoms with E-state index in [1.807, 2.05) is 25.1 Å². The molecular formula is C23H19Cl2N5O3S. The molecule has 2 N–H and O–H groups in total. The number of thiocarbonyl (C=S) groups is 1. The van der Waals surface area contributed by atoms with E-state index in [1.54, 1.807) is 31.4 Å². The Kier molecular flexibility index (Phi) is 6.87. The van der Waals surface area contributed by atoms with Crippen molar-refractivity contribution >= 4 is 63.2 Å². The summed E-state index contributed by atoms with van der Waals surface area (Å²) in [5, 5.41) is 15.7. The van der Waals surface area contributed by atoms with Gasteiger partial charge >= 0.3 is 0 Å². The zero-order chi connectivity index (χ0) is 24.4. The minimum absolute atomic E-state index is 0.133. The predicted molar refractivity (Wildman–Crippen MR) is 137 cm³/mol. The van der Waals surface area contributed by atoms with Gasteiger partial charge in [0.05, 0.1) is 30.0 Å². The van der Waals surface area contributed by atoms with Crippen molar-refractivity contribution in [1.29, 1.82) is 0 Å². The van der Waals surface area contributed by atoms with Gasteiger partial charge in [-0.25, -0.2) is 0 Å². The van der Waals surface area contributed by atoms with Crippen LogP contribution in [0.1, 0.15) is 15.9 Å². The number of hydrogen-bond donors (Lipinski definition) is 2. The molecule has 0 aliphatic rings. The molecule has 4 aromatic rings. The first-order chi connectivity index (χ1) is 16.3. The average Bonchev–Trinajstić information content (AvgIpc) is 3.21. The van der Waals surface area contributed by atoms with Crippen molar-refractivity contribution in [1.82, 2.24) is 20.3 Å². The molecule has 0 saturated carbocycles. The number of halogens is 2. The molecule has 0 fully saturated rings. The summed E-state index contributed by atoms with van der Waals surface area (Å²) >= 11 is 17.7. The average molecular weight is 516 g/mol. The number of ether oxygens (including phenoxy) is 2. The number of methoxy groups -OCH3 is 2. The number of nitrogens with one attached hydrogen (secondary N) is 2. The van der Waals surface area contributed by atoms with E-state index in [2.05, 4.69) is 20.8 Å². The Balaban J connectivity index is 1.52. The lowest BCUT2D eigenvalue weighted by molar-refractivity contribution is 0.0977. The molecule has 0 aliphatic heterocycles. The number of nitrogens with zero attached hydrogens (tertiary/aromatic N) is 3. The van der Waals surface area contributed by atoms with Gasteiger partial charge < -0.3 is 14.8 Å². The summed E-state index contributed by atoms with van der Waals surface area (Å²) in [6, 6.07) is 13.7. The van der Waals surface area contributed by atoms with Gasteiger partial charge in [0.1, 0.15) is 22.5 Å². The van der Waals surface area contributed by atoms with E-state index in [1.165, 1.54) is 18.0 Å². The summed E-state index contributed by atoms with van der Waals surface area (Å²) in [5.74, 6) is 0.646. The van der Waals surface area contributed by atoms with Crippen molar-refractivity contribution < 1.29 is 14.3 Å². The lowest BCUT2D eigenvalue weighted by Gasteiger charge is -2.12. The van der Waals surface area contributed by atoms with Crippen molar-refractivity contribution in [3.8, 4) is 17.2 Å². The maximum atomic E-state index is 12.5. The Hall–Kier alpha value is -3.40. The van der Waals surface area contributed by atoms with Crippen LogP contribution >= 0.6 is 35.4 Å². The second-order valence-corrected chi connectivity index (χ2v) is 8.44. The Morgan fingerprint density at radius 3 is 2.18 bits per heavy atom. The molecule has 1 amide bonds. The molecule has 3 aromatic carbocycles. The molecule has 0 radical (unpaired) electrons. The zero-order valence-electron chi connectivity index (χ0n) is 18.3. The van der Waals surface area contributed by atoms with Crippen LogP contribution in [0.15, 0.2) is 48.5 Å². The number of aryl methyl sites for hydroxylation is 1. The van der Waals surface area contributed by atoms with Crippen molar-refractivity contribution in [2.24, 2.45) is 0 Å². The summed E-state index contributed by atoms with van der Waals surface area (Å²) in [6.45, 7) is 1.90. The highest BCUT2D eigenvalue weighted by atomic mass is 35.5. The van der Waals surface area contributed by atoms with Crippen molar-refractivity contribution in [2.75, 3.05) is 19.5 Å². The van der Waals surface area contributed by atoms with Gasteiger partial charge in [-0.1, -0.05) is 23.2 Å². The maximum Gasteiger partial charge on any atom is 0.257 e. The van der Waals surface area contributed by atoms with Gasteiger partial charge in [-0.3, -0.25) is 10.1 Å². The van der Waals surface area contributed by atoms with Crippen LogP contribution in [0.25, 0.3) is 16.7 Å². The standard InChI is InChI=1S/C23H19Cl2N5O3S/c1-12-8-18-19(29-30(28-18)14-5-7-21(33-3)16(25)10-14)11-17(12)26-23(34)27-22(31)13-4-6-20(32-2)15(24)9-13/h4-11H,1-3H3,(H2,26,27,31,34). The topological polar surface area (TPSA) is 90.3 Å². The fraction of sp³-hybridized carbons (Fsp3) is 0.130. The quantitative estimate of drug-likeness (QED) is 0.354. The molecule has 0 aliphatic carbocycles. The highest BCUT2D eigenvalue weighted by Crippen LogP contribution is 2.28. The number of rotatable bonds is 5. The first-order valence-corrected chi connectivity index (χ1v) is 11.1. The van der Waals surface area contributed by atoms with Gasteiger partial charge in [0, 0.05) is 11.3 Å². The van der Waals surface area contributed by atoms with E-state index in [0.717, 1.165) is 5.56 Å². The molecule has 0 unspecified atom stereocenters. The van der Waals surface area contributed by atoms with Crippen LogP contribution in [-0.2, 0) is 0 Å². The number of aromatic nitrogens is 3. The number of amides is 1. The number of benzene rings is 3. The predicted octanol–water partition coefficient (Wildman–Crippen LogP) is 5.18. The van der Waals surface area contributed by atoms with Crippen LogP contribution in [0.5, 0.6) is 11.5 Å². The lowest BCUT2D eigenvalue weighted by atomic mass is 10.2. The molecule has 0 bridgehead atoms. The fourth-order valence-corrected chi connectivity index (χ4v) is 3.95. The molecule has 8 nitrogen and oxygen atoms in total. The molecule has 0 atom stereocenters. The van der Waals surface area contributed by atoms with Gasteiger partial charge in [-0.2, -0.15) is 4.80 Å². The smallest absolute Gasteiger partial charge is 0.257 e. The molecule has 0 saturated heterocycles. The second-order valence-electron chi connectivity index (χ2n) is 7.22. The largest absolute Gasteiger partial charge is 0.495 e. The first kappa shape index (κ1) is 23.7. The van der Waals surface area contributed by atoms with Crippen LogP contribution < -0.4 is 20.1 Å². The monoisotopic (exact) mass is 515 g/mol. The maximum absolute atomic E-state index is 12.5. The fourth-order valence-electron chi connectivity index (χ4n) is 3.23. The third-order valence-electron chi connectivity index (χ3n) is 4.98. The number of fused-ring (bicyclic) bond motifs is 1. The number of anilines is 1. The van der Waals surface area contributed by atoms with Crippen LogP contribution in [0, 0.1) is 6.92 Å². The second kappa shape index (κ2) is 9.84. The number of hydrogen-bond acceptors (Lipinski definition) is 6. The molecule has 1 heterocycles. The summed E-state index contributed by atoms with van der Waals surface area (Å²) in [5.41, 5.74) is 3.93. The summed E-state index contributed by atoms with van der Waals surface area (Å²) in [4.78, 5) is 14.0. The highest BCUT2D eigenvalue weighted by Gasteiger charge is 2.14. The van der Waals surface area contributed by atoms with E-state index in [9.17, 15) is 4.79 Å². The minimum atomic E-state index is -0.400. The third kappa shape index (κ3) is 4.91. The number of carbonyl (C=O) groups is 1. The first-order valence-electron chi connectivity index (χ1n) is 9.96. The summed E-state index contributed by atoms with van der Waals surface area (Å²) in [7, 11) is 3.06. The Bertz CT molecular complexity index is 1420. The van der Waals surface area contributed by atoms with E-state index in [-0.39, 0.29) is 5.11 Å². The van der Waals surface area contributed by atoms with Crippen LogP contribution in [-0.4, -0.2) is 40.2 Å². The lowest BCUT2D eigenvalue weighted by Crippen LogP contribution is -2.34. The Morgan fingerprint density at radius 2 is 1.56 bits per heavy atom. The summed E-state index contributed by atoms with van der Waals surface area (Å²) in [6.07, 6.45) is 0. The number of carbonyl (C=O) groups excluding carboxylic acids is 1. The van der Waals surface area contributed by atoms with Crippen LogP contribution in [0.2, 0.25) is 10.0 Å². The van der Waals surface area contributed by atoms with E-state index in [0.29, 0.717) is 49.5 Å². The highest BCUT2D eigenvalue weighted by molar-refractivity contribution is 7.80. The van der Waals surface area contributed by atoms with Crippen molar-refractivity contribution in [2.45, 2.75) is 6.92 Å². The van der Waals surface area contributed by atoms with E-state index < -0.39 is 5.91 Å². The molecule has 174 valence electrons. The van der Waals surface area contributed by atoms with E-state index in [4.69, 9.17) is 44.9 Å². The van der Waals surface area contributed by atoms with Gasteiger partial charge in [0.25, 0.3) is 5.91 Å². The van der Waals surface area contributed by atoms with Crippen LogP contribution in [0.3, 0.4) is 0 Å². The molecule has 11 heteroatoms. The minimum Gasteiger partial charge on any atom is -0.495 e. The normalized spacial score (nSPS) is 10.7. The Morgan fingerprint density at radius 1 is 0.941 bits per heavy atom.